The number of ether oxygens (including phenoxy) is 2. The van der Waals surface area contributed by atoms with Gasteiger partial charge in [0.05, 0.1) is 12.7 Å². The Balaban J connectivity index is 2.22. The van der Waals surface area contributed by atoms with Crippen LogP contribution in [-0.4, -0.2) is 37.5 Å². The largest absolute Gasteiger partial charge is 0.490 e. The molecule has 4 nitrogen and oxygen atoms in total. The van der Waals surface area contributed by atoms with Gasteiger partial charge in [0.15, 0.2) is 11.5 Å². The lowest BCUT2D eigenvalue weighted by atomic mass is 10.2. The first-order valence-electron chi connectivity index (χ1n) is 7.01. The van der Waals surface area contributed by atoms with Crippen molar-refractivity contribution < 1.29 is 14.6 Å². The van der Waals surface area contributed by atoms with Crippen LogP contribution in [0.5, 0.6) is 11.5 Å². The molecule has 1 unspecified atom stereocenters. The molecule has 0 fully saturated rings. The molecule has 1 aromatic rings. The van der Waals surface area contributed by atoms with Gasteiger partial charge >= 0.3 is 0 Å². The van der Waals surface area contributed by atoms with E-state index in [2.05, 4.69) is 12.2 Å². The molecule has 19 heavy (non-hydrogen) atoms. The van der Waals surface area contributed by atoms with Gasteiger partial charge in [-0.3, -0.25) is 0 Å². The molecule has 1 atom stereocenters. The van der Waals surface area contributed by atoms with Crippen molar-refractivity contribution in [1.29, 1.82) is 0 Å². The molecule has 0 radical (unpaired) electrons. The van der Waals surface area contributed by atoms with Crippen LogP contribution in [0.15, 0.2) is 24.3 Å². The van der Waals surface area contributed by atoms with E-state index in [0.717, 1.165) is 24.3 Å². The number of aliphatic hydroxyl groups is 1. The zero-order valence-corrected chi connectivity index (χ0v) is 11.9. The molecule has 2 N–H and O–H groups in total. The van der Waals surface area contributed by atoms with Crippen molar-refractivity contribution in [3.8, 4) is 11.5 Å². The van der Waals surface area contributed by atoms with Crippen molar-refractivity contribution >= 4 is 0 Å². The lowest BCUT2D eigenvalue weighted by molar-refractivity contribution is 0.158. The van der Waals surface area contributed by atoms with E-state index in [4.69, 9.17) is 9.47 Å². The van der Waals surface area contributed by atoms with E-state index in [1.165, 1.54) is 0 Å². The molecule has 0 aliphatic carbocycles. The molecule has 1 aromatic carbocycles. The number of hydrogen-bond acceptors (Lipinski definition) is 4. The highest BCUT2D eigenvalue weighted by molar-refractivity contribution is 5.39. The Bertz CT molecular complexity index is 344. The van der Waals surface area contributed by atoms with Gasteiger partial charge in [-0.05, 0) is 25.5 Å². The maximum Gasteiger partial charge on any atom is 0.161 e. The SMILES string of the molecule is CCCC(O)CNCCOc1ccccc1OCC. The number of nitrogens with one attached hydrogen (secondary N) is 1. The molecule has 0 saturated carbocycles. The number of para-hydroxylation sites is 2. The van der Waals surface area contributed by atoms with Gasteiger partial charge in [-0.25, -0.2) is 0 Å². The highest BCUT2D eigenvalue weighted by Gasteiger charge is 2.04. The quantitative estimate of drug-likeness (QED) is 0.638. The van der Waals surface area contributed by atoms with Gasteiger partial charge in [0.2, 0.25) is 0 Å². The molecule has 0 aliphatic rings. The number of benzene rings is 1. The van der Waals surface area contributed by atoms with Gasteiger partial charge in [0, 0.05) is 13.1 Å². The Hall–Kier alpha value is -1.26. The van der Waals surface area contributed by atoms with Gasteiger partial charge in [-0.15, -0.1) is 0 Å². The van der Waals surface area contributed by atoms with Crippen LogP contribution in [0.25, 0.3) is 0 Å². The lowest BCUT2D eigenvalue weighted by Crippen LogP contribution is -2.30. The first-order chi connectivity index (χ1) is 9.27. The van der Waals surface area contributed by atoms with Crippen molar-refractivity contribution in [3.63, 3.8) is 0 Å². The summed E-state index contributed by atoms with van der Waals surface area (Å²) in [5, 5.41) is 12.7. The molecule has 1 rings (SSSR count). The van der Waals surface area contributed by atoms with Crippen molar-refractivity contribution in [2.75, 3.05) is 26.3 Å². The number of rotatable bonds is 10. The fourth-order valence-corrected chi connectivity index (χ4v) is 1.78. The first kappa shape index (κ1) is 15.8. The highest BCUT2D eigenvalue weighted by Crippen LogP contribution is 2.25. The van der Waals surface area contributed by atoms with Crippen LogP contribution in [0.2, 0.25) is 0 Å². The number of hydrogen-bond donors (Lipinski definition) is 2. The Labute approximate surface area is 115 Å². The monoisotopic (exact) mass is 267 g/mol. The van der Waals surface area contributed by atoms with Gasteiger partial charge in [-0.1, -0.05) is 25.5 Å². The summed E-state index contributed by atoms with van der Waals surface area (Å²) in [7, 11) is 0. The summed E-state index contributed by atoms with van der Waals surface area (Å²) in [5.74, 6) is 1.54. The van der Waals surface area contributed by atoms with E-state index in [9.17, 15) is 5.11 Å². The summed E-state index contributed by atoms with van der Waals surface area (Å²) < 4.78 is 11.1. The van der Waals surface area contributed by atoms with E-state index in [0.29, 0.717) is 26.3 Å². The number of aliphatic hydroxyl groups excluding tert-OH is 1. The first-order valence-corrected chi connectivity index (χ1v) is 7.01. The van der Waals surface area contributed by atoms with Gasteiger partial charge in [0.1, 0.15) is 6.61 Å². The van der Waals surface area contributed by atoms with Crippen molar-refractivity contribution in [3.05, 3.63) is 24.3 Å². The summed E-state index contributed by atoms with van der Waals surface area (Å²) in [5.41, 5.74) is 0. The van der Waals surface area contributed by atoms with Gasteiger partial charge < -0.3 is 19.9 Å². The predicted molar refractivity (Wildman–Crippen MR) is 76.9 cm³/mol. The molecule has 0 spiro atoms. The van der Waals surface area contributed by atoms with Crippen LogP contribution in [0.3, 0.4) is 0 Å². The van der Waals surface area contributed by atoms with Gasteiger partial charge in [-0.2, -0.15) is 0 Å². The molecule has 0 amide bonds. The fourth-order valence-electron chi connectivity index (χ4n) is 1.78. The third kappa shape index (κ3) is 6.45. The summed E-state index contributed by atoms with van der Waals surface area (Å²) >= 11 is 0. The molecular weight excluding hydrogens is 242 g/mol. The Morgan fingerprint density at radius 3 is 2.47 bits per heavy atom. The summed E-state index contributed by atoms with van der Waals surface area (Å²) in [6, 6.07) is 7.65. The zero-order valence-electron chi connectivity index (χ0n) is 11.9. The van der Waals surface area contributed by atoms with Crippen molar-refractivity contribution in [1.82, 2.24) is 5.32 Å². The molecule has 0 aromatic heterocycles. The molecule has 0 aliphatic heterocycles. The van der Waals surface area contributed by atoms with Crippen LogP contribution >= 0.6 is 0 Å². The van der Waals surface area contributed by atoms with E-state index in [1.54, 1.807) is 0 Å². The second-order valence-electron chi connectivity index (χ2n) is 4.37. The van der Waals surface area contributed by atoms with E-state index in [-0.39, 0.29) is 6.10 Å². The fraction of sp³-hybridized carbons (Fsp3) is 0.600. The maximum atomic E-state index is 9.56. The van der Waals surface area contributed by atoms with E-state index >= 15 is 0 Å². The van der Waals surface area contributed by atoms with E-state index < -0.39 is 0 Å². The predicted octanol–water partition coefficient (Wildman–Crippen LogP) is 2.21. The summed E-state index contributed by atoms with van der Waals surface area (Å²) in [6.07, 6.45) is 1.57. The van der Waals surface area contributed by atoms with Crippen molar-refractivity contribution in [2.45, 2.75) is 32.8 Å². The second-order valence-corrected chi connectivity index (χ2v) is 4.37. The third-order valence-corrected chi connectivity index (χ3v) is 2.69. The minimum absolute atomic E-state index is 0.263. The van der Waals surface area contributed by atoms with E-state index in [1.807, 2.05) is 31.2 Å². The molecule has 108 valence electrons. The Kier molecular flexibility index (Phi) is 8.02. The van der Waals surface area contributed by atoms with Crippen LogP contribution < -0.4 is 14.8 Å². The normalized spacial score (nSPS) is 12.2. The minimum atomic E-state index is -0.263. The minimum Gasteiger partial charge on any atom is -0.490 e. The Morgan fingerprint density at radius 1 is 1.16 bits per heavy atom. The maximum absolute atomic E-state index is 9.56. The lowest BCUT2D eigenvalue weighted by Gasteiger charge is -2.13. The van der Waals surface area contributed by atoms with Gasteiger partial charge in [0.25, 0.3) is 0 Å². The molecule has 0 saturated heterocycles. The average Bonchev–Trinajstić information content (AvgIpc) is 2.41. The zero-order chi connectivity index (χ0) is 13.9. The highest BCUT2D eigenvalue weighted by atomic mass is 16.5. The van der Waals surface area contributed by atoms with Crippen LogP contribution in [-0.2, 0) is 0 Å². The van der Waals surface area contributed by atoms with Crippen LogP contribution in [0, 0.1) is 0 Å². The second kappa shape index (κ2) is 9.64. The topological polar surface area (TPSA) is 50.7 Å². The smallest absolute Gasteiger partial charge is 0.161 e. The van der Waals surface area contributed by atoms with Crippen LogP contribution in [0.1, 0.15) is 26.7 Å². The third-order valence-electron chi connectivity index (χ3n) is 2.69. The van der Waals surface area contributed by atoms with Crippen LogP contribution in [0.4, 0.5) is 0 Å². The molecule has 4 heteroatoms. The van der Waals surface area contributed by atoms with Crippen molar-refractivity contribution in [2.24, 2.45) is 0 Å². The summed E-state index contributed by atoms with van der Waals surface area (Å²) in [4.78, 5) is 0. The summed E-state index contributed by atoms with van der Waals surface area (Å²) in [6.45, 7) is 6.53. The standard InChI is InChI=1S/C15H25NO3/c1-3-7-13(17)12-16-10-11-19-15-9-6-5-8-14(15)18-4-2/h5-6,8-9,13,16-17H,3-4,7,10-12H2,1-2H3. The molecule has 0 heterocycles. The average molecular weight is 267 g/mol. The Morgan fingerprint density at radius 2 is 1.84 bits per heavy atom. The molecular formula is C15H25NO3. The molecule has 0 bridgehead atoms.